The van der Waals surface area contributed by atoms with Gasteiger partial charge in [0.05, 0.1) is 29.6 Å². The molecular weight excluding hydrogens is 272 g/mol. The molecule has 0 spiro atoms. The summed E-state index contributed by atoms with van der Waals surface area (Å²) in [6.07, 6.45) is 4.90. The molecule has 2 unspecified atom stereocenters. The molecule has 1 aliphatic carbocycles. The highest BCUT2D eigenvalue weighted by atomic mass is 16.4. The van der Waals surface area contributed by atoms with E-state index in [-0.39, 0.29) is 35.8 Å². The summed E-state index contributed by atoms with van der Waals surface area (Å²) in [5, 5.41) is 8.97. The number of aromatic carboxylic acids is 1. The molecule has 0 radical (unpaired) electrons. The number of amides is 2. The van der Waals surface area contributed by atoms with Crippen LogP contribution in [0.1, 0.15) is 41.7 Å². The van der Waals surface area contributed by atoms with Crippen LogP contribution in [0.15, 0.2) is 18.3 Å². The molecule has 6 nitrogen and oxygen atoms in total. The van der Waals surface area contributed by atoms with Crippen molar-refractivity contribution in [2.75, 3.05) is 0 Å². The molecule has 1 aromatic heterocycles. The summed E-state index contributed by atoms with van der Waals surface area (Å²) in [5.41, 5.74) is 0.534. The number of imide groups is 1. The summed E-state index contributed by atoms with van der Waals surface area (Å²) in [5.74, 6) is -1.69. The van der Waals surface area contributed by atoms with Crippen molar-refractivity contribution in [1.29, 1.82) is 0 Å². The van der Waals surface area contributed by atoms with Crippen LogP contribution in [0.2, 0.25) is 0 Å². The second-order valence-electron chi connectivity index (χ2n) is 5.60. The van der Waals surface area contributed by atoms with Gasteiger partial charge < -0.3 is 5.11 Å². The number of carbonyl (C=O) groups excluding carboxylic acids is 2. The molecule has 3 rings (SSSR count). The Kier molecular flexibility index (Phi) is 3.45. The Morgan fingerprint density at radius 1 is 1.24 bits per heavy atom. The highest BCUT2D eigenvalue weighted by molar-refractivity contribution is 6.05. The van der Waals surface area contributed by atoms with Crippen molar-refractivity contribution in [2.24, 2.45) is 11.8 Å². The van der Waals surface area contributed by atoms with Gasteiger partial charge in [0.2, 0.25) is 11.8 Å². The molecule has 2 atom stereocenters. The normalized spacial score (nSPS) is 25.0. The molecule has 6 heteroatoms. The molecule has 21 heavy (non-hydrogen) atoms. The number of fused-ring (bicyclic) bond motifs is 1. The molecule has 1 aliphatic heterocycles. The van der Waals surface area contributed by atoms with Crippen LogP contribution < -0.4 is 0 Å². The lowest BCUT2D eigenvalue weighted by molar-refractivity contribution is -0.140. The molecule has 2 amide bonds. The molecule has 0 bridgehead atoms. The summed E-state index contributed by atoms with van der Waals surface area (Å²) in [6, 6.07) is 2.80. The molecule has 2 heterocycles. The minimum Gasteiger partial charge on any atom is -0.478 e. The number of carboxylic acid groups (broad SMARTS) is 1. The van der Waals surface area contributed by atoms with E-state index in [4.69, 9.17) is 5.11 Å². The van der Waals surface area contributed by atoms with Crippen molar-refractivity contribution in [3.8, 4) is 0 Å². The van der Waals surface area contributed by atoms with Gasteiger partial charge in [-0.2, -0.15) is 0 Å². The first-order chi connectivity index (χ1) is 10.1. The molecule has 1 saturated heterocycles. The summed E-state index contributed by atoms with van der Waals surface area (Å²) in [7, 11) is 0. The van der Waals surface area contributed by atoms with Crippen LogP contribution in [0.5, 0.6) is 0 Å². The zero-order valence-corrected chi connectivity index (χ0v) is 11.5. The first-order valence-corrected chi connectivity index (χ1v) is 7.11. The van der Waals surface area contributed by atoms with Crippen LogP contribution in [-0.2, 0) is 16.1 Å². The Bertz CT molecular complexity index is 589. The number of hydrogen-bond donors (Lipinski definition) is 1. The average molecular weight is 288 g/mol. The van der Waals surface area contributed by atoms with Crippen molar-refractivity contribution in [3.63, 3.8) is 0 Å². The minimum atomic E-state index is -1.05. The lowest BCUT2D eigenvalue weighted by Gasteiger charge is -2.19. The summed E-state index contributed by atoms with van der Waals surface area (Å²) < 4.78 is 0. The van der Waals surface area contributed by atoms with Crippen LogP contribution >= 0.6 is 0 Å². The molecule has 2 aliphatic rings. The zero-order valence-electron chi connectivity index (χ0n) is 11.5. The summed E-state index contributed by atoms with van der Waals surface area (Å²) >= 11 is 0. The van der Waals surface area contributed by atoms with Gasteiger partial charge in [-0.25, -0.2) is 4.79 Å². The van der Waals surface area contributed by atoms with Crippen molar-refractivity contribution in [3.05, 3.63) is 29.6 Å². The largest absolute Gasteiger partial charge is 0.478 e. The van der Waals surface area contributed by atoms with Crippen molar-refractivity contribution >= 4 is 17.8 Å². The fraction of sp³-hybridized carbons (Fsp3) is 0.467. The Morgan fingerprint density at radius 3 is 2.43 bits per heavy atom. The fourth-order valence-electron chi connectivity index (χ4n) is 3.25. The monoisotopic (exact) mass is 288 g/mol. The van der Waals surface area contributed by atoms with Gasteiger partial charge in [-0.05, 0) is 25.0 Å². The van der Waals surface area contributed by atoms with Gasteiger partial charge in [-0.15, -0.1) is 0 Å². The van der Waals surface area contributed by atoms with E-state index in [0.29, 0.717) is 5.69 Å². The molecule has 110 valence electrons. The van der Waals surface area contributed by atoms with E-state index in [1.807, 2.05) is 0 Å². The van der Waals surface area contributed by atoms with Gasteiger partial charge in [0, 0.05) is 6.20 Å². The van der Waals surface area contributed by atoms with Gasteiger partial charge in [-0.1, -0.05) is 12.8 Å². The Balaban J connectivity index is 1.81. The number of carboxylic acids is 1. The predicted molar refractivity (Wildman–Crippen MR) is 72.2 cm³/mol. The maximum absolute atomic E-state index is 12.3. The number of rotatable bonds is 3. The Morgan fingerprint density at radius 2 is 1.86 bits per heavy atom. The number of hydrogen-bond acceptors (Lipinski definition) is 4. The number of pyridine rings is 1. The second kappa shape index (κ2) is 5.27. The molecule has 2 fully saturated rings. The maximum atomic E-state index is 12.3. The van der Waals surface area contributed by atoms with Crippen LogP contribution in [0.3, 0.4) is 0 Å². The van der Waals surface area contributed by atoms with Crippen molar-refractivity contribution < 1.29 is 19.5 Å². The number of aromatic nitrogens is 1. The quantitative estimate of drug-likeness (QED) is 0.851. The highest BCUT2D eigenvalue weighted by Crippen LogP contribution is 2.38. The van der Waals surface area contributed by atoms with E-state index in [2.05, 4.69) is 4.98 Å². The van der Waals surface area contributed by atoms with Crippen LogP contribution in [-0.4, -0.2) is 32.8 Å². The third-order valence-corrected chi connectivity index (χ3v) is 4.32. The third kappa shape index (κ3) is 2.41. The summed E-state index contributed by atoms with van der Waals surface area (Å²) in [4.78, 5) is 40.9. The molecular formula is C15H16N2O4. The van der Waals surface area contributed by atoms with Gasteiger partial charge in [0.15, 0.2) is 0 Å². The number of carbonyl (C=O) groups is 3. The zero-order chi connectivity index (χ0) is 15.0. The molecule has 0 aromatic carbocycles. The lowest BCUT2D eigenvalue weighted by atomic mass is 9.81. The number of likely N-dealkylation sites (tertiary alicyclic amines) is 1. The smallest absolute Gasteiger partial charge is 0.335 e. The first kappa shape index (κ1) is 13.7. The van der Waals surface area contributed by atoms with E-state index in [0.717, 1.165) is 25.7 Å². The van der Waals surface area contributed by atoms with Crippen LogP contribution in [0, 0.1) is 11.8 Å². The fourth-order valence-corrected chi connectivity index (χ4v) is 3.25. The second-order valence-corrected chi connectivity index (χ2v) is 5.60. The van der Waals surface area contributed by atoms with E-state index in [1.165, 1.54) is 23.2 Å². The van der Waals surface area contributed by atoms with Crippen LogP contribution in [0.4, 0.5) is 0 Å². The van der Waals surface area contributed by atoms with E-state index >= 15 is 0 Å². The number of nitrogens with zero attached hydrogens (tertiary/aromatic N) is 2. The van der Waals surface area contributed by atoms with E-state index in [9.17, 15) is 14.4 Å². The van der Waals surface area contributed by atoms with Crippen molar-refractivity contribution in [2.45, 2.75) is 32.2 Å². The van der Waals surface area contributed by atoms with Gasteiger partial charge in [-0.3, -0.25) is 19.5 Å². The highest BCUT2D eigenvalue weighted by Gasteiger charge is 2.47. The van der Waals surface area contributed by atoms with Crippen LogP contribution in [0.25, 0.3) is 0 Å². The summed E-state index contributed by atoms with van der Waals surface area (Å²) in [6.45, 7) is 0.0613. The predicted octanol–water partition coefficient (Wildman–Crippen LogP) is 1.45. The third-order valence-electron chi connectivity index (χ3n) is 4.32. The molecule has 1 aromatic rings. The SMILES string of the molecule is O=C(O)c1ccnc(CN2C(=O)C3CCCCC3C2=O)c1. The van der Waals surface area contributed by atoms with Gasteiger partial charge >= 0.3 is 5.97 Å². The standard InChI is InChI=1S/C15H16N2O4/c18-13-11-3-1-2-4-12(11)14(19)17(13)8-10-7-9(15(20)21)5-6-16-10/h5-7,11-12H,1-4,8H2,(H,20,21). The van der Waals surface area contributed by atoms with E-state index < -0.39 is 5.97 Å². The Hall–Kier alpha value is -2.24. The maximum Gasteiger partial charge on any atom is 0.335 e. The first-order valence-electron chi connectivity index (χ1n) is 7.11. The van der Waals surface area contributed by atoms with Gasteiger partial charge in [0.1, 0.15) is 0 Å². The Labute approximate surface area is 121 Å². The average Bonchev–Trinajstić information content (AvgIpc) is 2.73. The van der Waals surface area contributed by atoms with Crippen molar-refractivity contribution in [1.82, 2.24) is 9.88 Å². The topological polar surface area (TPSA) is 87.6 Å². The molecule has 1 saturated carbocycles. The molecule has 1 N–H and O–H groups in total. The minimum absolute atomic E-state index is 0.0613. The van der Waals surface area contributed by atoms with E-state index in [1.54, 1.807) is 0 Å². The lowest BCUT2D eigenvalue weighted by Crippen LogP contribution is -2.30. The van der Waals surface area contributed by atoms with Gasteiger partial charge in [0.25, 0.3) is 0 Å².